The smallest absolute Gasteiger partial charge is 0.306 e. The van der Waals surface area contributed by atoms with Crippen molar-refractivity contribution >= 4 is 11.9 Å². The van der Waals surface area contributed by atoms with Gasteiger partial charge >= 0.3 is 5.97 Å². The molecule has 0 rings (SSSR count). The summed E-state index contributed by atoms with van der Waals surface area (Å²) in [5.41, 5.74) is 0. The molecule has 0 aromatic carbocycles. The number of rotatable bonds is 5. The number of carbonyl (C=O) groups excluding carboxylic acids is 1. The second-order valence-corrected chi connectivity index (χ2v) is 2.82. The number of carboxylic acids is 1. The lowest BCUT2D eigenvalue weighted by molar-refractivity contribution is -0.141. The molecule has 4 heteroatoms. The van der Waals surface area contributed by atoms with E-state index in [1.165, 1.54) is 6.08 Å². The molecular formula is C9H15NO3. The lowest BCUT2D eigenvalue weighted by Gasteiger charge is -2.05. The number of carboxylic acid groups (broad SMARTS) is 1. The Hall–Kier alpha value is -1.32. The number of allylic oxidation sites excluding steroid dienone is 1. The summed E-state index contributed by atoms with van der Waals surface area (Å²) in [5, 5.41) is 11.1. The van der Waals surface area contributed by atoms with Gasteiger partial charge in [0.15, 0.2) is 0 Å². The predicted octanol–water partition coefficient (Wildman–Crippen LogP) is 0.790. The van der Waals surface area contributed by atoms with E-state index in [9.17, 15) is 9.59 Å². The molecule has 0 aliphatic heterocycles. The molecule has 0 fully saturated rings. The Kier molecular flexibility index (Phi) is 5.59. The number of aliphatic carboxylic acids is 1. The zero-order valence-corrected chi connectivity index (χ0v) is 7.91. The van der Waals surface area contributed by atoms with Crippen LogP contribution in [0.4, 0.5) is 0 Å². The third-order valence-corrected chi connectivity index (χ3v) is 1.62. The van der Waals surface area contributed by atoms with Gasteiger partial charge in [0.1, 0.15) is 0 Å². The summed E-state index contributed by atoms with van der Waals surface area (Å²) in [6.45, 7) is 3.76. The van der Waals surface area contributed by atoms with Crippen LogP contribution in [0.2, 0.25) is 0 Å². The normalized spacial score (nSPS) is 12.8. The molecule has 0 aromatic heterocycles. The Balaban J connectivity index is 3.56. The fourth-order valence-corrected chi connectivity index (χ4v) is 0.746. The summed E-state index contributed by atoms with van der Waals surface area (Å²) in [6, 6.07) is 0. The van der Waals surface area contributed by atoms with Crippen molar-refractivity contribution in [3.05, 3.63) is 12.2 Å². The minimum absolute atomic E-state index is 0.180. The average Bonchev–Trinajstić information content (AvgIpc) is 2.04. The quantitative estimate of drug-likeness (QED) is 0.622. The Labute approximate surface area is 77.6 Å². The summed E-state index contributed by atoms with van der Waals surface area (Å²) in [5.74, 6) is -1.42. The van der Waals surface area contributed by atoms with Crippen LogP contribution in [0, 0.1) is 5.92 Å². The Morgan fingerprint density at radius 2 is 2.15 bits per heavy atom. The van der Waals surface area contributed by atoms with Crippen LogP contribution in [-0.4, -0.2) is 23.5 Å². The zero-order valence-electron chi connectivity index (χ0n) is 7.91. The molecule has 1 amide bonds. The van der Waals surface area contributed by atoms with Crippen molar-refractivity contribution in [1.29, 1.82) is 0 Å². The van der Waals surface area contributed by atoms with Gasteiger partial charge in [-0.3, -0.25) is 9.59 Å². The zero-order chi connectivity index (χ0) is 10.3. The molecule has 1 atom stereocenters. The second kappa shape index (κ2) is 6.22. The van der Waals surface area contributed by atoms with Crippen LogP contribution in [0.25, 0.3) is 0 Å². The van der Waals surface area contributed by atoms with Gasteiger partial charge < -0.3 is 10.4 Å². The van der Waals surface area contributed by atoms with Crippen LogP contribution < -0.4 is 5.32 Å². The first-order valence-corrected chi connectivity index (χ1v) is 4.21. The molecule has 13 heavy (non-hydrogen) atoms. The van der Waals surface area contributed by atoms with Crippen LogP contribution in [0.3, 0.4) is 0 Å². The van der Waals surface area contributed by atoms with Gasteiger partial charge in [0.05, 0.1) is 5.92 Å². The van der Waals surface area contributed by atoms with Crippen LogP contribution in [0.5, 0.6) is 0 Å². The van der Waals surface area contributed by atoms with E-state index in [1.54, 1.807) is 19.9 Å². The molecule has 0 bridgehead atoms. The van der Waals surface area contributed by atoms with Gasteiger partial charge in [0.25, 0.3) is 0 Å². The molecule has 0 radical (unpaired) electrons. The molecule has 0 aromatic rings. The molecule has 0 heterocycles. The van der Waals surface area contributed by atoms with Crippen molar-refractivity contribution in [2.24, 2.45) is 5.92 Å². The first-order valence-electron chi connectivity index (χ1n) is 4.21. The van der Waals surface area contributed by atoms with Gasteiger partial charge in [-0.2, -0.15) is 0 Å². The molecular weight excluding hydrogens is 170 g/mol. The van der Waals surface area contributed by atoms with Gasteiger partial charge in [0.2, 0.25) is 5.91 Å². The van der Waals surface area contributed by atoms with Gasteiger partial charge in [-0.25, -0.2) is 0 Å². The number of amides is 1. The highest BCUT2D eigenvalue weighted by Crippen LogP contribution is 1.99. The topological polar surface area (TPSA) is 66.4 Å². The second-order valence-electron chi connectivity index (χ2n) is 2.82. The van der Waals surface area contributed by atoms with E-state index >= 15 is 0 Å². The maximum absolute atomic E-state index is 10.8. The number of carbonyl (C=O) groups is 2. The minimum atomic E-state index is -0.833. The van der Waals surface area contributed by atoms with Crippen molar-refractivity contribution in [3.8, 4) is 0 Å². The summed E-state index contributed by atoms with van der Waals surface area (Å²) in [4.78, 5) is 21.2. The van der Waals surface area contributed by atoms with E-state index < -0.39 is 11.9 Å². The molecule has 1 unspecified atom stereocenters. The lowest BCUT2D eigenvalue weighted by Crippen LogP contribution is -2.25. The minimum Gasteiger partial charge on any atom is -0.481 e. The van der Waals surface area contributed by atoms with E-state index in [-0.39, 0.29) is 5.91 Å². The monoisotopic (exact) mass is 185 g/mol. The van der Waals surface area contributed by atoms with E-state index in [0.717, 1.165) is 0 Å². The largest absolute Gasteiger partial charge is 0.481 e. The summed E-state index contributed by atoms with van der Waals surface area (Å²) in [6.07, 6.45) is 3.50. The number of hydrogen-bond donors (Lipinski definition) is 2. The highest BCUT2D eigenvalue weighted by atomic mass is 16.4. The van der Waals surface area contributed by atoms with E-state index in [4.69, 9.17) is 5.11 Å². The predicted molar refractivity (Wildman–Crippen MR) is 49.2 cm³/mol. The Morgan fingerprint density at radius 1 is 1.54 bits per heavy atom. The summed E-state index contributed by atoms with van der Waals surface area (Å²) < 4.78 is 0. The lowest BCUT2D eigenvalue weighted by atomic mass is 10.1. The summed E-state index contributed by atoms with van der Waals surface area (Å²) in [7, 11) is 0. The fraction of sp³-hybridized carbons (Fsp3) is 0.556. The van der Waals surface area contributed by atoms with Gasteiger partial charge in [-0.1, -0.05) is 13.0 Å². The van der Waals surface area contributed by atoms with E-state index in [2.05, 4.69) is 5.32 Å². The van der Waals surface area contributed by atoms with Crippen LogP contribution in [0.15, 0.2) is 12.2 Å². The standard InChI is InChI=1S/C9H15NO3/c1-3-4-8(11)10-6-5-7(2)9(12)13/h3-4,7H,5-6H2,1-2H3,(H,10,11)(H,12,13). The average molecular weight is 185 g/mol. The highest BCUT2D eigenvalue weighted by Gasteiger charge is 2.09. The molecule has 0 spiro atoms. The molecule has 0 saturated carbocycles. The van der Waals surface area contributed by atoms with Crippen molar-refractivity contribution in [2.75, 3.05) is 6.54 Å². The fourth-order valence-electron chi connectivity index (χ4n) is 0.746. The third kappa shape index (κ3) is 5.90. The van der Waals surface area contributed by atoms with Gasteiger partial charge in [-0.05, 0) is 19.4 Å². The first kappa shape index (κ1) is 11.7. The molecule has 4 nitrogen and oxygen atoms in total. The number of hydrogen-bond acceptors (Lipinski definition) is 2. The molecule has 0 aliphatic carbocycles. The highest BCUT2D eigenvalue weighted by molar-refractivity contribution is 5.87. The maximum atomic E-state index is 10.8. The maximum Gasteiger partial charge on any atom is 0.306 e. The van der Waals surface area contributed by atoms with Crippen molar-refractivity contribution < 1.29 is 14.7 Å². The third-order valence-electron chi connectivity index (χ3n) is 1.62. The molecule has 0 aliphatic rings. The molecule has 74 valence electrons. The van der Waals surface area contributed by atoms with Crippen LogP contribution in [-0.2, 0) is 9.59 Å². The SMILES string of the molecule is CC=CC(=O)NCCC(C)C(=O)O. The van der Waals surface area contributed by atoms with Crippen molar-refractivity contribution in [3.63, 3.8) is 0 Å². The van der Waals surface area contributed by atoms with E-state index in [0.29, 0.717) is 13.0 Å². The summed E-state index contributed by atoms with van der Waals surface area (Å²) >= 11 is 0. The van der Waals surface area contributed by atoms with Crippen molar-refractivity contribution in [2.45, 2.75) is 20.3 Å². The van der Waals surface area contributed by atoms with Gasteiger partial charge in [-0.15, -0.1) is 0 Å². The van der Waals surface area contributed by atoms with Crippen LogP contribution in [0.1, 0.15) is 20.3 Å². The van der Waals surface area contributed by atoms with E-state index in [1.807, 2.05) is 0 Å². The molecule has 0 saturated heterocycles. The van der Waals surface area contributed by atoms with Gasteiger partial charge in [0, 0.05) is 6.54 Å². The molecule has 2 N–H and O–H groups in total. The Bertz CT molecular complexity index is 211. The van der Waals surface area contributed by atoms with Crippen LogP contribution >= 0.6 is 0 Å². The first-order chi connectivity index (χ1) is 6.07. The Morgan fingerprint density at radius 3 is 2.62 bits per heavy atom. The van der Waals surface area contributed by atoms with Crippen molar-refractivity contribution in [1.82, 2.24) is 5.32 Å². The number of nitrogens with one attached hydrogen (secondary N) is 1.